The molecule has 1 aliphatic rings. The summed E-state index contributed by atoms with van der Waals surface area (Å²) in [5, 5.41) is 0. The van der Waals surface area contributed by atoms with Gasteiger partial charge in [-0.15, -0.1) is 0 Å². The van der Waals surface area contributed by atoms with E-state index in [0.29, 0.717) is 31.0 Å². The quantitative estimate of drug-likeness (QED) is 0.475. The molecular formula is C22H24N2O5S. The Labute approximate surface area is 176 Å². The maximum atomic E-state index is 12.6. The second-order valence-corrected chi connectivity index (χ2v) is 8.36. The van der Waals surface area contributed by atoms with Crippen molar-refractivity contribution in [1.29, 1.82) is 0 Å². The van der Waals surface area contributed by atoms with Crippen LogP contribution in [-0.4, -0.2) is 44.3 Å². The van der Waals surface area contributed by atoms with E-state index in [1.54, 1.807) is 32.1 Å². The number of cyclic esters (lactones) is 1. The smallest absolute Gasteiger partial charge is 0.363 e. The molecule has 0 unspecified atom stereocenters. The second kappa shape index (κ2) is 9.23. The van der Waals surface area contributed by atoms with Crippen molar-refractivity contribution >= 4 is 28.0 Å². The van der Waals surface area contributed by atoms with Crippen LogP contribution in [0, 0.1) is 0 Å². The summed E-state index contributed by atoms with van der Waals surface area (Å²) >= 11 is 0. The average molecular weight is 429 g/mol. The van der Waals surface area contributed by atoms with Crippen molar-refractivity contribution in [3.63, 3.8) is 0 Å². The summed E-state index contributed by atoms with van der Waals surface area (Å²) in [7, 11) is -3.55. The molecule has 1 heterocycles. The van der Waals surface area contributed by atoms with Crippen LogP contribution < -0.4 is 4.74 Å². The number of carbonyl (C=O) groups is 1. The number of esters is 1. The van der Waals surface area contributed by atoms with E-state index in [4.69, 9.17) is 9.47 Å². The van der Waals surface area contributed by atoms with Crippen molar-refractivity contribution in [3.05, 3.63) is 65.4 Å². The van der Waals surface area contributed by atoms with Crippen molar-refractivity contribution in [2.45, 2.75) is 25.7 Å². The van der Waals surface area contributed by atoms with E-state index in [9.17, 15) is 13.2 Å². The first kappa shape index (κ1) is 21.7. The van der Waals surface area contributed by atoms with E-state index in [1.165, 1.54) is 16.4 Å². The Morgan fingerprint density at radius 1 is 1.03 bits per heavy atom. The largest absolute Gasteiger partial charge is 0.493 e. The number of nitrogens with zero attached hydrogens (tertiary/aromatic N) is 2. The summed E-state index contributed by atoms with van der Waals surface area (Å²) in [5.41, 5.74) is 1.39. The highest BCUT2D eigenvalue weighted by molar-refractivity contribution is 7.89. The summed E-state index contributed by atoms with van der Waals surface area (Å²) in [6.07, 6.45) is 1.61. The highest BCUT2D eigenvalue weighted by atomic mass is 32.2. The molecule has 2 aromatic rings. The molecular weight excluding hydrogens is 404 g/mol. The molecule has 0 spiro atoms. The summed E-state index contributed by atoms with van der Waals surface area (Å²) in [5.74, 6) is 0.206. The van der Waals surface area contributed by atoms with Gasteiger partial charge in [-0.2, -0.15) is 4.31 Å². The Kier molecular flexibility index (Phi) is 6.69. The van der Waals surface area contributed by atoms with E-state index >= 15 is 0 Å². The predicted molar refractivity (Wildman–Crippen MR) is 115 cm³/mol. The van der Waals surface area contributed by atoms with Crippen molar-refractivity contribution in [1.82, 2.24) is 4.31 Å². The van der Waals surface area contributed by atoms with E-state index in [0.717, 1.165) is 5.56 Å². The van der Waals surface area contributed by atoms with Gasteiger partial charge in [0, 0.05) is 24.2 Å². The molecule has 0 atom stereocenters. The van der Waals surface area contributed by atoms with Crippen LogP contribution in [0.5, 0.6) is 5.75 Å². The van der Waals surface area contributed by atoms with Crippen molar-refractivity contribution in [2.75, 3.05) is 19.7 Å². The third kappa shape index (κ3) is 4.44. The van der Waals surface area contributed by atoms with Crippen LogP contribution in [0.15, 0.2) is 64.1 Å². The monoisotopic (exact) mass is 428 g/mol. The molecule has 0 saturated heterocycles. The standard InChI is InChI=1S/C22H24N2O5S/c1-4-24(5-2)30(26,27)18-13-11-16(12-14-18)21-23-19(22(25)29-21)15-17-9-7-8-10-20(17)28-6-3/h7-15H,4-6H2,1-3H3/b19-15-. The summed E-state index contributed by atoms with van der Waals surface area (Å²) in [6.45, 7) is 6.75. The molecule has 0 aliphatic carbocycles. The number of sulfonamides is 1. The lowest BCUT2D eigenvalue weighted by molar-refractivity contribution is -0.129. The molecule has 8 heteroatoms. The molecule has 0 radical (unpaired) electrons. The average Bonchev–Trinajstić information content (AvgIpc) is 3.11. The van der Waals surface area contributed by atoms with Gasteiger partial charge in [-0.05, 0) is 43.3 Å². The molecule has 7 nitrogen and oxygen atoms in total. The zero-order valence-electron chi connectivity index (χ0n) is 17.2. The van der Waals surface area contributed by atoms with Crippen LogP contribution in [0.25, 0.3) is 6.08 Å². The van der Waals surface area contributed by atoms with E-state index in [2.05, 4.69) is 4.99 Å². The van der Waals surface area contributed by atoms with Crippen molar-refractivity contribution in [2.24, 2.45) is 4.99 Å². The van der Waals surface area contributed by atoms with Crippen LogP contribution in [-0.2, 0) is 19.6 Å². The number of aliphatic imine (C=N–C) groups is 1. The van der Waals surface area contributed by atoms with Gasteiger partial charge in [0.25, 0.3) is 0 Å². The lowest BCUT2D eigenvalue weighted by Gasteiger charge is -2.18. The molecule has 3 rings (SSSR count). The number of ether oxygens (including phenoxy) is 2. The normalized spacial score (nSPS) is 15.4. The van der Waals surface area contributed by atoms with Gasteiger partial charge in [0.15, 0.2) is 5.70 Å². The number of para-hydroxylation sites is 1. The van der Waals surface area contributed by atoms with Gasteiger partial charge in [0.05, 0.1) is 11.5 Å². The highest BCUT2D eigenvalue weighted by Gasteiger charge is 2.26. The number of benzene rings is 2. The van der Waals surface area contributed by atoms with Crippen molar-refractivity contribution < 1.29 is 22.7 Å². The van der Waals surface area contributed by atoms with Gasteiger partial charge < -0.3 is 9.47 Å². The van der Waals surface area contributed by atoms with Gasteiger partial charge in [-0.3, -0.25) is 0 Å². The topological polar surface area (TPSA) is 85.3 Å². The van der Waals surface area contributed by atoms with Crippen LogP contribution in [0.2, 0.25) is 0 Å². The van der Waals surface area contributed by atoms with Crippen LogP contribution in [0.1, 0.15) is 31.9 Å². The second-order valence-electron chi connectivity index (χ2n) is 6.42. The Morgan fingerprint density at radius 3 is 2.33 bits per heavy atom. The van der Waals surface area contributed by atoms with Gasteiger partial charge in [-0.25, -0.2) is 18.2 Å². The SMILES string of the molecule is CCOc1ccccc1/C=C1\N=C(c2ccc(S(=O)(=O)N(CC)CC)cc2)OC1=O. The molecule has 1 aliphatic heterocycles. The van der Waals surface area contributed by atoms with Crippen LogP contribution >= 0.6 is 0 Å². The summed E-state index contributed by atoms with van der Waals surface area (Å²) < 4.78 is 37.5. The van der Waals surface area contributed by atoms with Gasteiger partial charge in [0.1, 0.15) is 5.75 Å². The minimum atomic E-state index is -3.55. The molecule has 0 aromatic heterocycles. The van der Waals surface area contributed by atoms with Crippen molar-refractivity contribution in [3.8, 4) is 5.75 Å². The number of hydrogen-bond donors (Lipinski definition) is 0. The fourth-order valence-electron chi connectivity index (χ4n) is 3.05. The fourth-order valence-corrected chi connectivity index (χ4v) is 4.51. The number of rotatable bonds is 8. The Morgan fingerprint density at radius 2 is 1.70 bits per heavy atom. The Bertz CT molecular complexity index is 1080. The highest BCUT2D eigenvalue weighted by Crippen LogP contribution is 2.25. The van der Waals surface area contributed by atoms with E-state index < -0.39 is 16.0 Å². The lowest BCUT2D eigenvalue weighted by Crippen LogP contribution is -2.30. The Balaban J connectivity index is 1.88. The molecule has 0 amide bonds. The third-order valence-corrected chi connectivity index (χ3v) is 6.64. The van der Waals surface area contributed by atoms with E-state index in [-0.39, 0.29) is 16.5 Å². The first-order valence-electron chi connectivity index (χ1n) is 9.75. The molecule has 158 valence electrons. The van der Waals surface area contributed by atoms with E-state index in [1.807, 2.05) is 31.2 Å². The molecule has 0 N–H and O–H groups in total. The molecule has 0 fully saturated rings. The van der Waals surface area contributed by atoms with Gasteiger partial charge in [0.2, 0.25) is 15.9 Å². The zero-order valence-corrected chi connectivity index (χ0v) is 18.0. The minimum Gasteiger partial charge on any atom is -0.493 e. The summed E-state index contributed by atoms with van der Waals surface area (Å²) in [4.78, 5) is 16.7. The Hall–Kier alpha value is -2.97. The molecule has 2 aromatic carbocycles. The molecule has 0 bridgehead atoms. The predicted octanol–water partition coefficient (Wildman–Crippen LogP) is 3.46. The maximum absolute atomic E-state index is 12.6. The molecule has 0 saturated carbocycles. The third-order valence-electron chi connectivity index (χ3n) is 4.58. The van der Waals surface area contributed by atoms with Gasteiger partial charge in [-0.1, -0.05) is 32.0 Å². The number of hydrogen-bond acceptors (Lipinski definition) is 6. The first-order chi connectivity index (χ1) is 14.4. The lowest BCUT2D eigenvalue weighted by atomic mass is 10.1. The van der Waals surface area contributed by atoms with Gasteiger partial charge >= 0.3 is 5.97 Å². The zero-order chi connectivity index (χ0) is 21.7. The van der Waals surface area contributed by atoms with Crippen LogP contribution in [0.4, 0.5) is 0 Å². The van der Waals surface area contributed by atoms with Crippen LogP contribution in [0.3, 0.4) is 0 Å². The summed E-state index contributed by atoms with van der Waals surface area (Å²) in [6, 6.07) is 13.5. The maximum Gasteiger partial charge on any atom is 0.363 e. The fraction of sp³-hybridized carbons (Fsp3) is 0.273. The first-order valence-corrected chi connectivity index (χ1v) is 11.2. The number of carbonyl (C=O) groups excluding carboxylic acids is 1. The minimum absolute atomic E-state index is 0.131. The molecule has 30 heavy (non-hydrogen) atoms.